The second kappa shape index (κ2) is 17.9. The number of carbonyl (C=O) groups is 5. The van der Waals surface area contributed by atoms with Crippen LogP contribution in [0.2, 0.25) is 0 Å². The van der Waals surface area contributed by atoms with E-state index >= 15 is 0 Å². The summed E-state index contributed by atoms with van der Waals surface area (Å²) in [5, 5.41) is 5.83. The molecule has 1 aliphatic heterocycles. The smallest absolute Gasteiger partial charge is 0.432 e. The number of benzene rings is 2. The summed E-state index contributed by atoms with van der Waals surface area (Å²) in [4.78, 5) is 66.4. The first-order valence-corrected chi connectivity index (χ1v) is 18.8. The van der Waals surface area contributed by atoms with Crippen LogP contribution in [0.5, 0.6) is 0 Å². The molecule has 1 fully saturated rings. The number of nitrogens with one attached hydrogen (secondary N) is 2. The number of ether oxygens (including phenoxy) is 1. The average molecular weight is 718 g/mol. The summed E-state index contributed by atoms with van der Waals surface area (Å²) in [5.41, 5.74) is 4.16. The van der Waals surface area contributed by atoms with Gasteiger partial charge >= 0.3 is 6.16 Å². The summed E-state index contributed by atoms with van der Waals surface area (Å²) in [6, 6.07) is 10.9. The second-order valence-corrected chi connectivity index (χ2v) is 13.2. The zero-order valence-corrected chi connectivity index (χ0v) is 27.9. The number of imide groups is 1. The zero-order chi connectivity index (χ0) is 33.1. The van der Waals surface area contributed by atoms with E-state index < -0.39 is 39.6 Å². The summed E-state index contributed by atoms with van der Waals surface area (Å²) in [7, 11) is -3.21. The van der Waals surface area contributed by atoms with Crippen LogP contribution in [0.3, 0.4) is 0 Å². The van der Waals surface area contributed by atoms with Crippen LogP contribution in [0, 0.1) is 0 Å². The molecule has 1 saturated heterocycles. The summed E-state index contributed by atoms with van der Waals surface area (Å²) in [5.74, 6) is -2.37. The molecule has 2 N–H and O–H groups in total. The lowest BCUT2D eigenvalue weighted by molar-refractivity contribution is -0.177. The molecule has 3 unspecified atom stereocenters. The van der Waals surface area contributed by atoms with Crippen LogP contribution in [0.25, 0.3) is 11.1 Å². The summed E-state index contributed by atoms with van der Waals surface area (Å²) in [6.45, 7) is 0.255. The molecule has 4 amide bonds. The highest BCUT2D eigenvalue weighted by molar-refractivity contribution is 8.45. The van der Waals surface area contributed by atoms with E-state index in [1.165, 1.54) is 0 Å². The number of hydrogen-bond acceptors (Lipinski definition) is 11. The number of hydroxylamine groups is 2. The minimum Gasteiger partial charge on any atom is -0.432 e. The first-order chi connectivity index (χ1) is 22.2. The summed E-state index contributed by atoms with van der Waals surface area (Å²) >= 11 is 4.21. The fourth-order valence-electron chi connectivity index (χ4n) is 5.11. The number of carbonyl (C=O) groups excluding carboxylic acids is 5. The highest BCUT2D eigenvalue weighted by Gasteiger charge is 2.36. The van der Waals surface area contributed by atoms with Crippen molar-refractivity contribution in [1.82, 2.24) is 15.7 Å². The van der Waals surface area contributed by atoms with Crippen molar-refractivity contribution >= 4 is 69.4 Å². The Kier molecular flexibility index (Phi) is 14.0. The third kappa shape index (κ3) is 9.82. The molecular weight excluding hydrogens is 686 g/mol. The lowest BCUT2D eigenvalue weighted by Crippen LogP contribution is -2.32. The molecule has 2 aliphatic rings. The van der Waals surface area contributed by atoms with Gasteiger partial charge < -0.3 is 24.1 Å². The predicted molar refractivity (Wildman–Crippen MR) is 171 cm³/mol. The molecule has 2 aromatic carbocycles. The number of aryl methyl sites for hydroxylation is 1. The highest BCUT2D eigenvalue weighted by Crippen LogP contribution is 2.47. The number of hydrogen-bond donors (Lipinski definition) is 3. The average Bonchev–Trinajstić information content (AvgIpc) is 3.52. The molecule has 0 saturated carbocycles. The topological polar surface area (TPSA) is 150 Å². The molecular formula is C28H31F2N3O9P2S2. The van der Waals surface area contributed by atoms with E-state index in [0.29, 0.717) is 46.3 Å². The minimum absolute atomic E-state index is 0.0246. The Balaban J connectivity index is 1.48. The van der Waals surface area contributed by atoms with Gasteiger partial charge in [0.1, 0.15) is 6.61 Å². The van der Waals surface area contributed by atoms with E-state index in [-0.39, 0.29) is 64.0 Å². The van der Waals surface area contributed by atoms with Crippen LogP contribution >= 0.6 is 39.7 Å². The maximum absolute atomic E-state index is 13.2. The monoisotopic (exact) mass is 717 g/mol. The largest absolute Gasteiger partial charge is 0.533 e. The normalized spacial score (nSPS) is 16.0. The van der Waals surface area contributed by atoms with E-state index in [2.05, 4.69) is 22.9 Å². The molecule has 46 heavy (non-hydrogen) atoms. The quantitative estimate of drug-likeness (QED) is 0.0480. The zero-order valence-electron chi connectivity index (χ0n) is 24.3. The lowest BCUT2D eigenvalue weighted by Gasteiger charge is -2.17. The molecule has 12 nitrogen and oxygen atoms in total. The molecule has 4 rings (SSSR count). The Morgan fingerprint density at radius 2 is 1.83 bits per heavy atom. The van der Waals surface area contributed by atoms with Crippen molar-refractivity contribution in [2.75, 3.05) is 32.9 Å². The number of amides is 4. The molecule has 0 bridgehead atoms. The van der Waals surface area contributed by atoms with Gasteiger partial charge in [0, 0.05) is 43.8 Å². The Hall–Kier alpha value is -2.87. The summed E-state index contributed by atoms with van der Waals surface area (Å²) in [6.07, 6.45) is -0.0484. The summed E-state index contributed by atoms with van der Waals surface area (Å²) < 4.78 is 40.1. The SMILES string of the molecule is O=C(CCCc1ccc2c(c1)C(COC(=O)ON1C(=O)CCC1=O)c1cccc(C(=O)NCCOSPF)c1-2)NCCOP(F)S. The first-order valence-electron chi connectivity index (χ1n) is 14.1. The van der Waals surface area contributed by atoms with Crippen molar-refractivity contribution in [2.45, 2.75) is 38.0 Å². The van der Waals surface area contributed by atoms with Gasteiger partial charge in [0.25, 0.3) is 25.4 Å². The second-order valence-electron chi connectivity index (χ2n) is 9.98. The van der Waals surface area contributed by atoms with Crippen LogP contribution < -0.4 is 10.6 Å². The molecule has 1 heterocycles. The van der Waals surface area contributed by atoms with E-state index in [0.717, 1.165) is 16.7 Å². The van der Waals surface area contributed by atoms with Crippen LogP contribution in [-0.2, 0) is 39.1 Å². The third-order valence-electron chi connectivity index (χ3n) is 7.07. The van der Waals surface area contributed by atoms with Gasteiger partial charge in [-0.25, -0.2) is 8.99 Å². The number of thiol groups is 1. The molecule has 2 aromatic rings. The van der Waals surface area contributed by atoms with Gasteiger partial charge in [0.2, 0.25) is 5.91 Å². The standard InChI is InChI=1S/C28H31F2N3O9P2S2/c29-43-46-41-14-12-32-27(37)20-5-2-4-18-22(16-39-28(38)42-33-24(35)9-10-25(33)36)21-15-17(7-8-19(21)26(18)20)3-1-6-23(34)31-11-13-40-44(30)45/h2,4-5,7-8,15,22,43,45H,1,3,6,9-14,16H2,(H,31,34)(H,32,37). The number of halogens is 2. The van der Waals surface area contributed by atoms with Crippen LogP contribution in [0.4, 0.5) is 13.2 Å². The Morgan fingerprint density at radius 1 is 1.07 bits per heavy atom. The Labute approximate surface area is 275 Å². The Morgan fingerprint density at radius 3 is 2.57 bits per heavy atom. The molecule has 1 aliphatic carbocycles. The van der Waals surface area contributed by atoms with E-state index in [1.807, 2.05) is 24.3 Å². The molecule has 18 heteroatoms. The predicted octanol–water partition coefficient (Wildman–Crippen LogP) is 5.47. The molecule has 0 aromatic heterocycles. The van der Waals surface area contributed by atoms with Crippen molar-refractivity contribution in [3.63, 3.8) is 0 Å². The number of fused-ring (bicyclic) bond motifs is 3. The van der Waals surface area contributed by atoms with Crippen molar-refractivity contribution < 1.29 is 50.6 Å². The van der Waals surface area contributed by atoms with Crippen molar-refractivity contribution in [2.24, 2.45) is 0 Å². The van der Waals surface area contributed by atoms with E-state index in [9.17, 15) is 32.4 Å². The molecule has 248 valence electrons. The van der Waals surface area contributed by atoms with Gasteiger partial charge in [0.15, 0.2) is 8.09 Å². The van der Waals surface area contributed by atoms with Gasteiger partial charge in [-0.1, -0.05) is 47.6 Å². The van der Waals surface area contributed by atoms with Gasteiger partial charge in [-0.15, -0.1) is 0 Å². The maximum Gasteiger partial charge on any atom is 0.533 e. The lowest BCUT2D eigenvalue weighted by atomic mass is 9.95. The molecule has 3 atom stereocenters. The maximum atomic E-state index is 13.2. The van der Waals surface area contributed by atoms with Crippen molar-refractivity contribution in [3.8, 4) is 11.1 Å². The van der Waals surface area contributed by atoms with Crippen molar-refractivity contribution in [1.29, 1.82) is 0 Å². The minimum atomic E-state index is -2.28. The van der Waals surface area contributed by atoms with Crippen LogP contribution in [0.15, 0.2) is 36.4 Å². The van der Waals surface area contributed by atoms with Crippen molar-refractivity contribution in [3.05, 3.63) is 58.7 Å². The van der Waals surface area contributed by atoms with E-state index in [1.54, 1.807) is 12.1 Å². The third-order valence-corrected chi connectivity index (χ3v) is 8.70. The first kappa shape index (κ1) is 36.0. The van der Waals surface area contributed by atoms with Crippen LogP contribution in [-0.4, -0.2) is 67.8 Å². The fourth-order valence-corrected chi connectivity index (χ4v) is 6.19. The number of nitrogens with zero attached hydrogens (tertiary/aromatic N) is 1. The Bertz CT molecular complexity index is 1440. The fraction of sp³-hybridized carbons (Fsp3) is 0.393. The van der Waals surface area contributed by atoms with Gasteiger partial charge in [-0.05, 0) is 46.7 Å². The number of rotatable bonds is 17. The van der Waals surface area contributed by atoms with E-state index in [4.69, 9.17) is 18.3 Å². The van der Waals surface area contributed by atoms with Gasteiger partial charge in [-0.2, -0.15) is 4.20 Å². The molecule has 0 radical (unpaired) electrons. The molecule has 0 spiro atoms. The van der Waals surface area contributed by atoms with Gasteiger partial charge in [-0.3, -0.25) is 24.0 Å². The van der Waals surface area contributed by atoms with Crippen LogP contribution in [0.1, 0.15) is 58.6 Å². The highest BCUT2D eigenvalue weighted by atomic mass is 32.7. The van der Waals surface area contributed by atoms with Gasteiger partial charge in [0.05, 0.1) is 24.9 Å².